The van der Waals surface area contributed by atoms with Crippen molar-refractivity contribution in [3.05, 3.63) is 142 Å². The van der Waals surface area contributed by atoms with Gasteiger partial charge in [0.25, 0.3) is 0 Å². The van der Waals surface area contributed by atoms with Gasteiger partial charge in [0.15, 0.2) is 0 Å². The van der Waals surface area contributed by atoms with Crippen LogP contribution in [0.3, 0.4) is 0 Å². The number of fused-ring (bicyclic) bond motifs is 2. The molecule has 4 aromatic rings. The van der Waals surface area contributed by atoms with Crippen LogP contribution < -0.4 is 0 Å². The van der Waals surface area contributed by atoms with Gasteiger partial charge in [0.2, 0.25) is 0 Å². The molecule has 2 aliphatic carbocycles. The molecule has 0 aliphatic heterocycles. The van der Waals surface area contributed by atoms with Gasteiger partial charge in [0, 0.05) is 12.8 Å². The fourth-order valence-electron chi connectivity index (χ4n) is 8.26. The van der Waals surface area contributed by atoms with Crippen molar-refractivity contribution in [2.75, 3.05) is 0 Å². The Balaban J connectivity index is 1.68. The van der Waals surface area contributed by atoms with Gasteiger partial charge in [0.1, 0.15) is 8.07 Å². The molecule has 2 radical (unpaired) electrons. The van der Waals surface area contributed by atoms with E-state index in [-0.39, 0.29) is 10.8 Å². The molecule has 6 rings (SSSR count). The molecule has 0 saturated heterocycles. The van der Waals surface area contributed by atoms with Gasteiger partial charge in [0.05, 0.1) is 0 Å². The fraction of sp³-hybridized carbons (Fsp3) is 0.348. The molecule has 0 bridgehead atoms. The average Bonchev–Trinajstić information content (AvgIpc) is 3.63. The van der Waals surface area contributed by atoms with Crippen LogP contribution in [-0.4, -0.2) is 8.07 Å². The molecule has 0 saturated carbocycles. The molecule has 242 valence electrons. The van der Waals surface area contributed by atoms with Crippen molar-refractivity contribution in [1.29, 1.82) is 0 Å². The summed E-state index contributed by atoms with van der Waals surface area (Å²) in [5, 5.41) is 3.24. The van der Waals surface area contributed by atoms with Crippen LogP contribution in [-0.2, 0) is 12.8 Å². The van der Waals surface area contributed by atoms with Crippen LogP contribution in [0, 0.1) is 23.7 Å². The second-order valence-electron chi connectivity index (χ2n) is 16.3. The molecule has 1 heteroatoms. The predicted molar refractivity (Wildman–Crippen MR) is 209 cm³/mol. The molecule has 0 unspecified atom stereocenters. The number of rotatable bonds is 8. The molecule has 0 fully saturated rings. The first-order chi connectivity index (χ1) is 22.3. The van der Waals surface area contributed by atoms with Crippen molar-refractivity contribution < 1.29 is 0 Å². The predicted octanol–water partition coefficient (Wildman–Crippen LogP) is 13.1. The summed E-state index contributed by atoms with van der Waals surface area (Å²) in [5.74, 6) is 0. The van der Waals surface area contributed by atoms with Gasteiger partial charge >= 0.3 is 0 Å². The first-order valence-corrected chi connectivity index (χ1v) is 20.9. The summed E-state index contributed by atoms with van der Waals surface area (Å²) < 4.78 is 0. The van der Waals surface area contributed by atoms with E-state index in [1.54, 1.807) is 10.4 Å². The summed E-state index contributed by atoms with van der Waals surface area (Å²) in [4.78, 5) is 0. The fourth-order valence-corrected chi connectivity index (χ4v) is 12.6. The summed E-state index contributed by atoms with van der Waals surface area (Å²) >= 11 is 0. The molecule has 0 nitrogen and oxygen atoms in total. The van der Waals surface area contributed by atoms with E-state index in [4.69, 9.17) is 0 Å². The number of hydrogen-bond donors (Lipinski definition) is 0. The molecular weight excluding hydrogens is 581 g/mol. The van der Waals surface area contributed by atoms with Gasteiger partial charge in [-0.15, -0.1) is 0 Å². The van der Waals surface area contributed by atoms with Crippen LogP contribution in [0.25, 0.3) is 32.6 Å². The highest BCUT2D eigenvalue weighted by Crippen LogP contribution is 2.58. The highest BCUT2D eigenvalue weighted by atomic mass is 28.3. The summed E-state index contributed by atoms with van der Waals surface area (Å²) in [7, 11) is -2.39. The molecule has 0 aromatic heterocycles. The van der Waals surface area contributed by atoms with Crippen molar-refractivity contribution in [2.24, 2.45) is 10.8 Å². The van der Waals surface area contributed by atoms with E-state index in [0.717, 1.165) is 25.7 Å². The maximum absolute atomic E-state index is 2.66. The maximum atomic E-state index is 2.66. The van der Waals surface area contributed by atoms with E-state index >= 15 is 0 Å². The van der Waals surface area contributed by atoms with Gasteiger partial charge < -0.3 is 0 Å². The molecule has 4 aromatic carbocycles. The topological polar surface area (TPSA) is 0 Å². The highest BCUT2D eigenvalue weighted by Gasteiger charge is 2.47. The Labute approximate surface area is 287 Å². The van der Waals surface area contributed by atoms with E-state index in [2.05, 4.69) is 166 Å². The molecule has 0 amide bonds. The second-order valence-corrected chi connectivity index (χ2v) is 20.6. The third kappa shape index (κ3) is 5.95. The minimum atomic E-state index is -2.39. The van der Waals surface area contributed by atoms with Gasteiger partial charge in [-0.1, -0.05) is 177 Å². The lowest BCUT2D eigenvalue weighted by Gasteiger charge is -2.37. The third-order valence-corrected chi connectivity index (χ3v) is 13.9. The van der Waals surface area contributed by atoms with E-state index in [1.807, 2.05) is 0 Å². The SMILES string of the molecule is CCCc1ccccc1-c1cccc2c1C([Si](C)(C)C1=C(C(C)(C)C)[CH]c3cccc(-c4ccccc4CCC)c31)=C(C(C)(C)C)[CH]2. The van der Waals surface area contributed by atoms with Crippen molar-refractivity contribution in [3.63, 3.8) is 0 Å². The summed E-state index contributed by atoms with van der Waals surface area (Å²) in [6, 6.07) is 32.4. The van der Waals surface area contributed by atoms with E-state index in [1.165, 1.54) is 66.8 Å². The highest BCUT2D eigenvalue weighted by molar-refractivity contribution is 7.09. The van der Waals surface area contributed by atoms with Gasteiger partial charge in [-0.2, -0.15) is 0 Å². The minimum Gasteiger partial charge on any atom is -0.0651 e. The molecule has 0 atom stereocenters. The minimum absolute atomic E-state index is 0.0136. The van der Waals surface area contributed by atoms with Crippen molar-refractivity contribution in [3.8, 4) is 22.3 Å². The average molecular weight is 635 g/mol. The molecule has 2 aliphatic rings. The lowest BCUT2D eigenvalue weighted by atomic mass is 9.85. The number of allylic oxidation sites excluding steroid dienone is 2. The van der Waals surface area contributed by atoms with Crippen molar-refractivity contribution in [2.45, 2.75) is 94.2 Å². The largest absolute Gasteiger partial charge is 0.113 e. The molecule has 0 heterocycles. The van der Waals surface area contributed by atoms with Crippen LogP contribution in [0.4, 0.5) is 0 Å². The van der Waals surface area contributed by atoms with Crippen LogP contribution in [0.15, 0.2) is 96.1 Å². The smallest absolute Gasteiger partial charge is 0.0651 e. The van der Waals surface area contributed by atoms with E-state index < -0.39 is 8.07 Å². The van der Waals surface area contributed by atoms with Crippen LogP contribution in [0.1, 0.15) is 102 Å². The Morgan fingerprint density at radius 2 is 0.830 bits per heavy atom. The first kappa shape index (κ1) is 33.5. The monoisotopic (exact) mass is 634 g/mol. The zero-order chi connectivity index (χ0) is 33.7. The molecule has 47 heavy (non-hydrogen) atoms. The van der Waals surface area contributed by atoms with E-state index in [0.29, 0.717) is 0 Å². The number of benzene rings is 4. The summed E-state index contributed by atoms with van der Waals surface area (Å²) in [5.41, 5.74) is 17.3. The Kier molecular flexibility index (Phi) is 8.94. The zero-order valence-corrected chi connectivity index (χ0v) is 31.6. The van der Waals surface area contributed by atoms with Crippen molar-refractivity contribution >= 4 is 18.5 Å². The standard InChI is InChI=1S/C46H54Si/c1-11-19-31-21-13-15-25-35(31)37-27-17-23-33-29-39(45(3,4)5)43(41(33)37)47(9,10)44-40(46(6,7)8)30-34-24-18-28-38(42(34)44)36-26-16-14-22-32(36)20-12-2/h13-18,21-30H,11-12,19-20H2,1-10H3. The Morgan fingerprint density at radius 1 is 0.468 bits per heavy atom. The van der Waals surface area contributed by atoms with Gasteiger partial charge in [-0.3, -0.25) is 0 Å². The Morgan fingerprint density at radius 3 is 1.19 bits per heavy atom. The van der Waals surface area contributed by atoms with E-state index in [9.17, 15) is 0 Å². The zero-order valence-electron chi connectivity index (χ0n) is 30.6. The molecule has 0 spiro atoms. The Bertz CT molecular complexity index is 1740. The first-order valence-electron chi connectivity index (χ1n) is 17.9. The molecule has 0 N–H and O–H groups in total. The van der Waals surface area contributed by atoms with Crippen LogP contribution in [0.5, 0.6) is 0 Å². The number of hydrogen-bond acceptors (Lipinski definition) is 0. The second kappa shape index (κ2) is 12.6. The quantitative estimate of drug-likeness (QED) is 0.169. The van der Waals surface area contributed by atoms with Crippen LogP contribution in [0.2, 0.25) is 13.1 Å². The lowest BCUT2D eigenvalue weighted by Crippen LogP contribution is -2.34. The normalized spacial score (nSPS) is 15.0. The number of aryl methyl sites for hydroxylation is 2. The summed E-state index contributed by atoms with van der Waals surface area (Å²) in [6.07, 6.45) is 9.57. The Hall–Kier alpha value is -3.42. The van der Waals surface area contributed by atoms with Crippen molar-refractivity contribution in [1.82, 2.24) is 0 Å². The third-order valence-electron chi connectivity index (χ3n) is 10.4. The lowest BCUT2D eigenvalue weighted by molar-refractivity contribution is 0.515. The molecular formula is C46H54Si. The van der Waals surface area contributed by atoms with Gasteiger partial charge in [-0.25, -0.2) is 0 Å². The maximum Gasteiger partial charge on any atom is 0.113 e. The van der Waals surface area contributed by atoms with Crippen LogP contribution >= 0.6 is 0 Å². The summed E-state index contributed by atoms with van der Waals surface area (Å²) in [6.45, 7) is 24.4. The van der Waals surface area contributed by atoms with Gasteiger partial charge in [-0.05, 0) is 89.7 Å².